The van der Waals surface area contributed by atoms with Crippen LogP contribution in [0, 0.1) is 12.8 Å². The van der Waals surface area contributed by atoms with Crippen LogP contribution in [0.15, 0.2) is 30.3 Å². The van der Waals surface area contributed by atoms with Gasteiger partial charge in [-0.2, -0.15) is 0 Å². The van der Waals surface area contributed by atoms with E-state index in [1.807, 2.05) is 30.0 Å². The molecule has 0 bridgehead atoms. The summed E-state index contributed by atoms with van der Waals surface area (Å²) in [4.78, 5) is 29.2. The highest BCUT2D eigenvalue weighted by Gasteiger charge is 2.29. The van der Waals surface area contributed by atoms with Gasteiger partial charge in [-0.3, -0.25) is 9.59 Å². The van der Waals surface area contributed by atoms with Crippen LogP contribution in [-0.4, -0.2) is 43.0 Å². The number of nitrogens with zero attached hydrogens (tertiary/aromatic N) is 1. The van der Waals surface area contributed by atoms with E-state index in [9.17, 15) is 9.59 Å². The molecule has 6 heteroatoms. The Morgan fingerprint density at radius 1 is 1.07 bits per heavy atom. The minimum absolute atomic E-state index is 0.0109. The van der Waals surface area contributed by atoms with Crippen molar-refractivity contribution in [2.24, 2.45) is 5.92 Å². The first-order valence-electron chi connectivity index (χ1n) is 10.5. The number of carbonyl (C=O) groups excluding carboxylic acids is 2. The average molecular weight is 413 g/mol. The Morgan fingerprint density at radius 2 is 1.76 bits per heavy atom. The lowest BCUT2D eigenvalue weighted by Crippen LogP contribution is -2.41. The molecule has 2 aromatic rings. The number of hydrogen-bond donors (Lipinski definition) is 1. The molecule has 4 rings (SSSR count). The number of carbonyl (C=O) groups is 2. The third kappa shape index (κ3) is 4.38. The van der Waals surface area contributed by atoms with Crippen molar-refractivity contribution in [3.05, 3.63) is 41.5 Å². The third-order valence-electron chi connectivity index (χ3n) is 5.91. The number of rotatable bonds is 4. The van der Waals surface area contributed by atoms with Crippen LogP contribution < -0.4 is 5.32 Å². The lowest BCUT2D eigenvalue weighted by atomic mass is 9.88. The summed E-state index contributed by atoms with van der Waals surface area (Å²) in [5.41, 5.74) is 2.65. The van der Waals surface area contributed by atoms with Gasteiger partial charge in [0.25, 0.3) is 5.91 Å². The van der Waals surface area contributed by atoms with E-state index < -0.39 is 0 Å². The molecular weight excluding hydrogens is 384 g/mol. The second-order valence-electron chi connectivity index (χ2n) is 7.86. The summed E-state index contributed by atoms with van der Waals surface area (Å²) >= 11 is 1.51. The van der Waals surface area contributed by atoms with E-state index in [1.54, 1.807) is 0 Å². The Hall–Kier alpha value is -2.18. The molecule has 29 heavy (non-hydrogen) atoms. The minimum Gasteiger partial charge on any atom is -0.378 e. The van der Waals surface area contributed by atoms with E-state index in [-0.39, 0.29) is 17.7 Å². The second-order valence-corrected chi connectivity index (χ2v) is 8.88. The van der Waals surface area contributed by atoms with Crippen molar-refractivity contribution >= 4 is 28.2 Å². The standard InChI is InChI=1S/C23H28N2O3S/c1-16-19(23(27)25-12-14-28-15-13-25)22(24-21(26)18-10-6-3-7-11-18)29-20(16)17-8-4-2-5-9-17/h2,4-5,8-9,18H,3,6-7,10-15H2,1H3,(H,24,26). The maximum absolute atomic E-state index is 13.4. The summed E-state index contributed by atoms with van der Waals surface area (Å²) < 4.78 is 5.40. The molecular formula is C23H28N2O3S. The summed E-state index contributed by atoms with van der Waals surface area (Å²) in [7, 11) is 0. The first kappa shape index (κ1) is 20.1. The number of hydrogen-bond acceptors (Lipinski definition) is 4. The Labute approximate surface area is 176 Å². The summed E-state index contributed by atoms with van der Waals surface area (Å²) in [5, 5.41) is 3.82. The molecule has 154 valence electrons. The molecule has 1 saturated carbocycles. The largest absolute Gasteiger partial charge is 0.378 e. The van der Waals surface area contributed by atoms with E-state index >= 15 is 0 Å². The molecule has 1 aliphatic carbocycles. The number of ether oxygens (including phenoxy) is 1. The van der Waals surface area contributed by atoms with Crippen molar-refractivity contribution in [1.82, 2.24) is 4.90 Å². The molecule has 1 N–H and O–H groups in total. The number of morpholine rings is 1. The lowest BCUT2D eigenvalue weighted by molar-refractivity contribution is -0.120. The minimum atomic E-state index is -0.0109. The summed E-state index contributed by atoms with van der Waals surface area (Å²) in [6.07, 6.45) is 5.30. The monoisotopic (exact) mass is 412 g/mol. The average Bonchev–Trinajstić information content (AvgIpc) is 3.10. The van der Waals surface area contributed by atoms with Crippen LogP contribution in [0.2, 0.25) is 0 Å². The Bertz CT molecular complexity index is 866. The third-order valence-corrected chi connectivity index (χ3v) is 7.16. The molecule has 2 fully saturated rings. The molecule has 2 aliphatic rings. The van der Waals surface area contributed by atoms with Gasteiger partial charge in [-0.15, -0.1) is 11.3 Å². The van der Waals surface area contributed by atoms with E-state index in [2.05, 4.69) is 17.4 Å². The van der Waals surface area contributed by atoms with E-state index in [1.165, 1.54) is 17.8 Å². The number of anilines is 1. The normalized spacial score (nSPS) is 17.9. The van der Waals surface area contributed by atoms with E-state index in [4.69, 9.17) is 4.74 Å². The summed E-state index contributed by atoms with van der Waals surface area (Å²) in [6, 6.07) is 10.1. The van der Waals surface area contributed by atoms with Gasteiger partial charge in [0.2, 0.25) is 5.91 Å². The van der Waals surface area contributed by atoms with E-state index in [0.717, 1.165) is 41.7 Å². The van der Waals surface area contributed by atoms with Crippen LogP contribution >= 0.6 is 11.3 Å². The van der Waals surface area contributed by atoms with Gasteiger partial charge in [0.1, 0.15) is 5.00 Å². The van der Waals surface area contributed by atoms with Crippen molar-refractivity contribution in [2.45, 2.75) is 39.0 Å². The van der Waals surface area contributed by atoms with Crippen LogP contribution in [0.5, 0.6) is 0 Å². The zero-order valence-electron chi connectivity index (χ0n) is 16.9. The van der Waals surface area contributed by atoms with Crippen molar-refractivity contribution in [1.29, 1.82) is 0 Å². The number of nitrogens with one attached hydrogen (secondary N) is 1. The maximum Gasteiger partial charge on any atom is 0.257 e. The van der Waals surface area contributed by atoms with Crippen LogP contribution in [0.4, 0.5) is 5.00 Å². The molecule has 0 atom stereocenters. The topological polar surface area (TPSA) is 58.6 Å². The molecule has 1 saturated heterocycles. The van der Waals surface area contributed by atoms with Crippen molar-refractivity contribution in [3.63, 3.8) is 0 Å². The fourth-order valence-electron chi connectivity index (χ4n) is 4.23. The zero-order chi connectivity index (χ0) is 20.2. The molecule has 1 aromatic heterocycles. The highest BCUT2D eigenvalue weighted by atomic mass is 32.1. The van der Waals surface area contributed by atoms with Crippen LogP contribution in [0.25, 0.3) is 10.4 Å². The van der Waals surface area contributed by atoms with Crippen molar-refractivity contribution in [3.8, 4) is 10.4 Å². The fourth-order valence-corrected chi connectivity index (χ4v) is 5.43. The van der Waals surface area contributed by atoms with Crippen LogP contribution in [0.1, 0.15) is 48.0 Å². The van der Waals surface area contributed by atoms with Gasteiger partial charge in [0.05, 0.1) is 18.8 Å². The second kappa shape index (κ2) is 9.09. The van der Waals surface area contributed by atoms with Crippen LogP contribution in [-0.2, 0) is 9.53 Å². The highest BCUT2D eigenvalue weighted by Crippen LogP contribution is 2.41. The summed E-state index contributed by atoms with van der Waals surface area (Å²) in [6.45, 7) is 4.28. The number of thiophene rings is 1. The zero-order valence-corrected chi connectivity index (χ0v) is 17.7. The molecule has 2 amide bonds. The quantitative estimate of drug-likeness (QED) is 0.791. The predicted molar refractivity (Wildman–Crippen MR) is 116 cm³/mol. The lowest BCUT2D eigenvalue weighted by Gasteiger charge is -2.27. The smallest absolute Gasteiger partial charge is 0.257 e. The Morgan fingerprint density at radius 3 is 2.45 bits per heavy atom. The number of amides is 2. The first-order valence-corrected chi connectivity index (χ1v) is 11.3. The molecule has 1 aliphatic heterocycles. The van der Waals surface area contributed by atoms with Gasteiger partial charge in [0, 0.05) is 23.9 Å². The molecule has 0 unspecified atom stereocenters. The van der Waals surface area contributed by atoms with Gasteiger partial charge in [-0.1, -0.05) is 49.6 Å². The van der Waals surface area contributed by atoms with Gasteiger partial charge in [-0.05, 0) is 30.9 Å². The molecule has 0 radical (unpaired) electrons. The van der Waals surface area contributed by atoms with Gasteiger partial charge < -0.3 is 15.0 Å². The first-order chi connectivity index (χ1) is 14.1. The SMILES string of the molecule is Cc1c(-c2ccccc2)sc(NC(=O)C2CCCCC2)c1C(=O)N1CCOCC1. The number of benzene rings is 1. The van der Waals surface area contributed by atoms with Crippen LogP contribution in [0.3, 0.4) is 0 Å². The predicted octanol–water partition coefficient (Wildman–Crippen LogP) is 4.71. The fraction of sp³-hybridized carbons (Fsp3) is 0.478. The summed E-state index contributed by atoms with van der Waals surface area (Å²) in [5.74, 6) is 0.0995. The van der Waals surface area contributed by atoms with E-state index in [0.29, 0.717) is 36.9 Å². The Kier molecular flexibility index (Phi) is 6.31. The molecule has 1 aromatic carbocycles. The maximum atomic E-state index is 13.4. The van der Waals surface area contributed by atoms with Gasteiger partial charge in [0.15, 0.2) is 0 Å². The van der Waals surface area contributed by atoms with Crippen molar-refractivity contribution < 1.29 is 14.3 Å². The highest BCUT2D eigenvalue weighted by molar-refractivity contribution is 7.20. The Balaban J connectivity index is 1.67. The molecule has 2 heterocycles. The van der Waals surface area contributed by atoms with Gasteiger partial charge >= 0.3 is 0 Å². The molecule has 0 spiro atoms. The van der Waals surface area contributed by atoms with Crippen molar-refractivity contribution in [2.75, 3.05) is 31.6 Å². The van der Waals surface area contributed by atoms with Gasteiger partial charge in [-0.25, -0.2) is 0 Å². The molecule has 5 nitrogen and oxygen atoms in total.